The Hall–Kier alpha value is -2.66. The van der Waals surface area contributed by atoms with Crippen LogP contribution < -0.4 is 5.32 Å². The first-order chi connectivity index (χ1) is 13.2. The molecule has 140 valence electrons. The van der Waals surface area contributed by atoms with Gasteiger partial charge in [0.1, 0.15) is 5.58 Å². The molecule has 2 aromatic heterocycles. The number of furan rings is 1. The summed E-state index contributed by atoms with van der Waals surface area (Å²) >= 11 is 0. The minimum atomic E-state index is -0.202. The molecule has 1 aliphatic heterocycles. The highest BCUT2D eigenvalue weighted by molar-refractivity contribution is 5.95. The molecule has 1 fully saturated rings. The molecule has 0 aliphatic carbocycles. The molecule has 1 atom stereocenters. The molecule has 1 amide bonds. The molecular weight excluding hydrogens is 338 g/mol. The van der Waals surface area contributed by atoms with Crippen LogP contribution in [0.1, 0.15) is 47.9 Å². The summed E-state index contributed by atoms with van der Waals surface area (Å²) in [5.74, 6) is 0.118. The van der Waals surface area contributed by atoms with Crippen molar-refractivity contribution in [1.82, 2.24) is 15.2 Å². The monoisotopic (exact) mass is 363 g/mol. The molecule has 27 heavy (non-hydrogen) atoms. The molecule has 3 heterocycles. The van der Waals surface area contributed by atoms with Crippen LogP contribution in [0.4, 0.5) is 0 Å². The van der Waals surface area contributed by atoms with Crippen molar-refractivity contribution in [3.05, 3.63) is 65.7 Å². The van der Waals surface area contributed by atoms with Crippen LogP contribution in [0.3, 0.4) is 0 Å². The summed E-state index contributed by atoms with van der Waals surface area (Å²) in [4.78, 5) is 19.1. The van der Waals surface area contributed by atoms with Crippen LogP contribution in [0.2, 0.25) is 0 Å². The molecule has 3 aromatic rings. The van der Waals surface area contributed by atoms with Gasteiger partial charge in [0.05, 0.1) is 0 Å². The zero-order valence-corrected chi connectivity index (χ0v) is 15.6. The minimum absolute atomic E-state index is 0.202. The summed E-state index contributed by atoms with van der Waals surface area (Å²) in [6.45, 7) is 4.88. The summed E-state index contributed by atoms with van der Waals surface area (Å²) in [7, 11) is 0. The van der Waals surface area contributed by atoms with Crippen LogP contribution >= 0.6 is 0 Å². The van der Waals surface area contributed by atoms with Crippen molar-refractivity contribution in [3.8, 4) is 0 Å². The van der Waals surface area contributed by atoms with Crippen molar-refractivity contribution in [2.75, 3.05) is 6.54 Å². The van der Waals surface area contributed by atoms with Gasteiger partial charge in [-0.3, -0.25) is 14.7 Å². The van der Waals surface area contributed by atoms with E-state index in [9.17, 15) is 4.79 Å². The number of pyridine rings is 1. The van der Waals surface area contributed by atoms with E-state index in [1.54, 1.807) is 24.5 Å². The van der Waals surface area contributed by atoms with Gasteiger partial charge in [-0.25, -0.2) is 0 Å². The van der Waals surface area contributed by atoms with Gasteiger partial charge < -0.3 is 9.73 Å². The SMILES string of the molecule is CC1CCCCN1Cc1ccccc1CNC(=O)c1cc2cnccc2o1. The molecule has 1 aliphatic rings. The number of hydrogen-bond acceptors (Lipinski definition) is 4. The lowest BCUT2D eigenvalue weighted by Crippen LogP contribution is -2.37. The van der Waals surface area contributed by atoms with Crippen LogP contribution in [-0.4, -0.2) is 28.4 Å². The van der Waals surface area contributed by atoms with Crippen molar-refractivity contribution in [1.29, 1.82) is 0 Å². The third-order valence-corrected chi connectivity index (χ3v) is 5.41. The number of fused-ring (bicyclic) bond motifs is 1. The first kappa shape index (κ1) is 17.7. The highest BCUT2D eigenvalue weighted by Gasteiger charge is 2.19. The number of benzene rings is 1. The van der Waals surface area contributed by atoms with Gasteiger partial charge in [0.15, 0.2) is 5.76 Å². The van der Waals surface area contributed by atoms with Gasteiger partial charge in [-0.05, 0) is 49.6 Å². The third-order valence-electron chi connectivity index (χ3n) is 5.41. The summed E-state index contributed by atoms with van der Waals surface area (Å²) in [6, 6.07) is 12.5. The van der Waals surface area contributed by atoms with Gasteiger partial charge in [0, 0.05) is 36.9 Å². The standard InChI is InChI=1S/C22H25N3O2/c1-16-6-4-5-11-25(16)15-18-8-3-2-7-17(18)14-24-22(26)21-12-19-13-23-10-9-20(19)27-21/h2-3,7-10,12-13,16H,4-6,11,14-15H2,1H3,(H,24,26). The average Bonchev–Trinajstić information content (AvgIpc) is 3.13. The molecule has 0 spiro atoms. The van der Waals surface area contributed by atoms with E-state index in [4.69, 9.17) is 4.42 Å². The van der Waals surface area contributed by atoms with Crippen molar-refractivity contribution >= 4 is 16.9 Å². The largest absolute Gasteiger partial charge is 0.451 e. The molecule has 0 saturated carbocycles. The summed E-state index contributed by atoms with van der Waals surface area (Å²) in [5, 5.41) is 3.83. The molecule has 0 radical (unpaired) electrons. The van der Waals surface area contributed by atoms with E-state index in [-0.39, 0.29) is 5.91 Å². The molecular formula is C22H25N3O2. The predicted octanol–water partition coefficient (Wildman–Crippen LogP) is 4.13. The van der Waals surface area contributed by atoms with E-state index >= 15 is 0 Å². The predicted molar refractivity (Wildman–Crippen MR) is 105 cm³/mol. The topological polar surface area (TPSA) is 58.4 Å². The van der Waals surface area contributed by atoms with E-state index in [1.165, 1.54) is 24.8 Å². The normalized spacial score (nSPS) is 17.9. The van der Waals surface area contributed by atoms with Crippen LogP contribution in [0, 0.1) is 0 Å². The van der Waals surface area contributed by atoms with E-state index in [2.05, 4.69) is 40.3 Å². The maximum Gasteiger partial charge on any atom is 0.287 e. The molecule has 0 bridgehead atoms. The lowest BCUT2D eigenvalue weighted by atomic mass is 10.0. The maximum atomic E-state index is 12.5. The number of aromatic nitrogens is 1. The highest BCUT2D eigenvalue weighted by Crippen LogP contribution is 2.21. The Morgan fingerprint density at radius 1 is 1.26 bits per heavy atom. The molecule has 1 N–H and O–H groups in total. The zero-order chi connectivity index (χ0) is 18.6. The Labute approximate surface area is 159 Å². The van der Waals surface area contributed by atoms with Crippen molar-refractivity contribution in [2.45, 2.75) is 45.3 Å². The van der Waals surface area contributed by atoms with Gasteiger partial charge in [-0.15, -0.1) is 0 Å². The van der Waals surface area contributed by atoms with Crippen LogP contribution in [0.25, 0.3) is 11.0 Å². The Morgan fingerprint density at radius 3 is 2.93 bits per heavy atom. The molecule has 4 rings (SSSR count). The van der Waals surface area contributed by atoms with E-state index < -0.39 is 0 Å². The Morgan fingerprint density at radius 2 is 2.11 bits per heavy atom. The van der Waals surface area contributed by atoms with Crippen molar-refractivity contribution in [3.63, 3.8) is 0 Å². The highest BCUT2D eigenvalue weighted by atomic mass is 16.3. The van der Waals surface area contributed by atoms with E-state index in [0.717, 1.165) is 24.0 Å². The molecule has 1 saturated heterocycles. The fourth-order valence-corrected chi connectivity index (χ4v) is 3.75. The second-order valence-corrected chi connectivity index (χ2v) is 7.29. The maximum absolute atomic E-state index is 12.5. The molecule has 1 aromatic carbocycles. The number of nitrogens with zero attached hydrogens (tertiary/aromatic N) is 2. The van der Waals surface area contributed by atoms with Crippen LogP contribution in [-0.2, 0) is 13.1 Å². The first-order valence-electron chi connectivity index (χ1n) is 9.63. The van der Waals surface area contributed by atoms with E-state index in [0.29, 0.717) is 23.9 Å². The Balaban J connectivity index is 1.44. The number of rotatable bonds is 5. The zero-order valence-electron chi connectivity index (χ0n) is 15.6. The number of hydrogen-bond donors (Lipinski definition) is 1. The summed E-state index contributed by atoms with van der Waals surface area (Å²) in [6.07, 6.45) is 7.21. The van der Waals surface area contributed by atoms with Gasteiger partial charge in [0.2, 0.25) is 0 Å². The van der Waals surface area contributed by atoms with Gasteiger partial charge >= 0.3 is 0 Å². The van der Waals surface area contributed by atoms with Gasteiger partial charge in [0.25, 0.3) is 5.91 Å². The number of nitrogens with one attached hydrogen (secondary N) is 1. The first-order valence-corrected chi connectivity index (χ1v) is 9.63. The van der Waals surface area contributed by atoms with Crippen molar-refractivity contribution in [2.24, 2.45) is 0 Å². The summed E-state index contributed by atoms with van der Waals surface area (Å²) in [5.41, 5.74) is 3.11. The fourth-order valence-electron chi connectivity index (χ4n) is 3.75. The smallest absolute Gasteiger partial charge is 0.287 e. The number of carbonyl (C=O) groups excluding carboxylic acids is 1. The van der Waals surface area contributed by atoms with E-state index in [1.807, 2.05) is 6.07 Å². The average molecular weight is 363 g/mol. The second kappa shape index (κ2) is 7.92. The Kier molecular flexibility index (Phi) is 5.21. The number of likely N-dealkylation sites (tertiary alicyclic amines) is 1. The van der Waals surface area contributed by atoms with Gasteiger partial charge in [-0.2, -0.15) is 0 Å². The van der Waals surface area contributed by atoms with Crippen LogP contribution in [0.5, 0.6) is 0 Å². The lowest BCUT2D eigenvalue weighted by Gasteiger charge is -2.33. The summed E-state index contributed by atoms with van der Waals surface area (Å²) < 4.78 is 5.62. The second-order valence-electron chi connectivity index (χ2n) is 7.29. The number of piperidine rings is 1. The quantitative estimate of drug-likeness (QED) is 0.740. The third kappa shape index (κ3) is 4.03. The van der Waals surface area contributed by atoms with Crippen LogP contribution in [0.15, 0.2) is 53.2 Å². The number of amides is 1. The molecule has 5 heteroatoms. The molecule has 1 unspecified atom stereocenters. The lowest BCUT2D eigenvalue weighted by molar-refractivity contribution is 0.0925. The number of carbonyl (C=O) groups is 1. The Bertz CT molecular complexity index is 901. The molecule has 5 nitrogen and oxygen atoms in total. The van der Waals surface area contributed by atoms with Crippen molar-refractivity contribution < 1.29 is 9.21 Å². The van der Waals surface area contributed by atoms with Gasteiger partial charge in [-0.1, -0.05) is 30.7 Å². The fraction of sp³-hybridized carbons (Fsp3) is 0.364. The minimum Gasteiger partial charge on any atom is -0.451 e.